The van der Waals surface area contributed by atoms with Crippen molar-refractivity contribution in [2.45, 2.75) is 0 Å². The Kier molecular flexibility index (Phi) is 8.42. The standard InChI is InChI=1S/C44H34N8.Co/c45-29-9-1-25(2-10-29)41-33-17-19-35(49-33)42(26-3-11-30(46)12-4-26)37-21-23-39(51-37)44(28-7-15-32(48)16-8-28)40-24-22-38(52-40)43(36-20-18-34(41)50-36)27-5-13-31(47)14-6-27;/h1-24,49,52H,45-48H2;/q;+2. The van der Waals surface area contributed by atoms with E-state index in [-0.39, 0.29) is 16.8 Å². The van der Waals surface area contributed by atoms with Crippen LogP contribution in [0.3, 0.4) is 0 Å². The average Bonchev–Trinajstić information content (AvgIpc) is 3.99. The molecule has 0 saturated heterocycles. The fourth-order valence-electron chi connectivity index (χ4n) is 7.02. The summed E-state index contributed by atoms with van der Waals surface area (Å²) in [7, 11) is 0. The summed E-state index contributed by atoms with van der Waals surface area (Å²) in [5, 5.41) is 0. The number of aromatic amines is 2. The van der Waals surface area contributed by atoms with E-state index in [0.29, 0.717) is 22.7 Å². The molecule has 8 nitrogen and oxygen atoms in total. The van der Waals surface area contributed by atoms with E-state index in [0.717, 1.165) is 89.4 Å². The molecule has 9 heteroatoms. The van der Waals surface area contributed by atoms with Crippen molar-refractivity contribution in [3.8, 4) is 44.5 Å². The Morgan fingerprint density at radius 3 is 0.717 bits per heavy atom. The number of nitrogens with zero attached hydrogens (tertiary/aromatic N) is 2. The molecule has 0 atom stereocenters. The van der Waals surface area contributed by atoms with Gasteiger partial charge in [-0.15, -0.1) is 0 Å². The molecule has 5 heterocycles. The third kappa shape index (κ3) is 6.14. The van der Waals surface area contributed by atoms with E-state index in [1.807, 2.05) is 97.1 Å². The Morgan fingerprint density at radius 2 is 0.509 bits per heavy atom. The fraction of sp³-hybridized carbons (Fsp3) is 0. The Bertz CT molecular complexity index is 2370. The Labute approximate surface area is 316 Å². The van der Waals surface area contributed by atoms with Crippen LogP contribution in [0.25, 0.3) is 90.9 Å². The molecule has 0 aliphatic carbocycles. The van der Waals surface area contributed by atoms with Crippen LogP contribution in [-0.2, 0) is 16.8 Å². The topological polar surface area (TPSA) is 161 Å². The summed E-state index contributed by atoms with van der Waals surface area (Å²) in [4.78, 5) is 18.2. The summed E-state index contributed by atoms with van der Waals surface area (Å²) >= 11 is 0. The monoisotopic (exact) mass is 733 g/mol. The first kappa shape index (κ1) is 33.3. The predicted molar refractivity (Wildman–Crippen MR) is 218 cm³/mol. The normalized spacial score (nSPS) is 11.8. The Morgan fingerprint density at radius 1 is 0.302 bits per heavy atom. The smallest absolute Gasteiger partial charge is 0.399 e. The van der Waals surface area contributed by atoms with Crippen molar-refractivity contribution in [1.29, 1.82) is 0 Å². The molecule has 0 spiro atoms. The summed E-state index contributed by atoms with van der Waals surface area (Å²) < 4.78 is 0. The number of aromatic nitrogens is 4. The van der Waals surface area contributed by atoms with Crippen molar-refractivity contribution in [2.75, 3.05) is 22.9 Å². The van der Waals surface area contributed by atoms with Crippen LogP contribution in [0.15, 0.2) is 121 Å². The number of benzene rings is 4. The van der Waals surface area contributed by atoms with Gasteiger partial charge in [-0.1, -0.05) is 48.5 Å². The van der Waals surface area contributed by atoms with E-state index in [9.17, 15) is 0 Å². The molecule has 4 aromatic carbocycles. The van der Waals surface area contributed by atoms with Crippen molar-refractivity contribution in [1.82, 2.24) is 19.9 Å². The predicted octanol–water partition coefficient (Wildman–Crippen LogP) is 9.65. The number of hydrogen-bond acceptors (Lipinski definition) is 6. The minimum Gasteiger partial charge on any atom is -0.399 e. The van der Waals surface area contributed by atoms with Crippen molar-refractivity contribution < 1.29 is 16.8 Å². The van der Waals surface area contributed by atoms with Crippen LogP contribution in [0.1, 0.15) is 22.8 Å². The first-order valence-electron chi connectivity index (χ1n) is 17.0. The molecular formula is C44H34CoN8+2. The van der Waals surface area contributed by atoms with Gasteiger partial charge in [-0.05, 0) is 119 Å². The van der Waals surface area contributed by atoms with E-state index in [4.69, 9.17) is 32.9 Å². The first-order valence-corrected chi connectivity index (χ1v) is 17.0. The van der Waals surface area contributed by atoms with Gasteiger partial charge in [0.05, 0.1) is 22.8 Å². The van der Waals surface area contributed by atoms with Crippen molar-refractivity contribution in [2.24, 2.45) is 0 Å². The van der Waals surface area contributed by atoms with Crippen LogP contribution >= 0.6 is 0 Å². The molecule has 53 heavy (non-hydrogen) atoms. The molecule has 2 aliphatic heterocycles. The number of anilines is 4. The van der Waals surface area contributed by atoms with Crippen LogP contribution in [0, 0.1) is 0 Å². The van der Waals surface area contributed by atoms with E-state index in [2.05, 4.69) is 58.5 Å². The summed E-state index contributed by atoms with van der Waals surface area (Å²) in [6, 6.07) is 40.0. The van der Waals surface area contributed by atoms with Crippen LogP contribution in [0.4, 0.5) is 22.7 Å². The maximum Gasteiger partial charge on any atom is 2.00 e. The van der Waals surface area contributed by atoms with Crippen LogP contribution in [-0.4, -0.2) is 19.9 Å². The summed E-state index contributed by atoms with van der Waals surface area (Å²) in [5.41, 5.74) is 41.9. The molecule has 0 fully saturated rings. The summed E-state index contributed by atoms with van der Waals surface area (Å²) in [5.74, 6) is 0. The molecule has 3 aromatic heterocycles. The number of fused-ring (bicyclic) bond motifs is 8. The number of nitrogen functional groups attached to an aromatic ring is 4. The van der Waals surface area contributed by atoms with Gasteiger partial charge in [-0.25, -0.2) is 9.97 Å². The molecule has 1 radical (unpaired) electrons. The van der Waals surface area contributed by atoms with Gasteiger partial charge in [-0.2, -0.15) is 0 Å². The maximum atomic E-state index is 6.15. The van der Waals surface area contributed by atoms with Crippen LogP contribution in [0.2, 0.25) is 0 Å². The van der Waals surface area contributed by atoms with Gasteiger partial charge in [0, 0.05) is 67.1 Å². The molecule has 0 saturated carbocycles. The second-order valence-electron chi connectivity index (χ2n) is 13.0. The quantitative estimate of drug-likeness (QED) is 0.0988. The number of rotatable bonds is 4. The maximum absolute atomic E-state index is 6.15. The first-order chi connectivity index (χ1) is 25.4. The second kappa shape index (κ2) is 13.4. The fourth-order valence-corrected chi connectivity index (χ4v) is 7.02. The third-order valence-electron chi connectivity index (χ3n) is 9.55. The molecule has 7 aromatic rings. The van der Waals surface area contributed by atoms with Gasteiger partial charge >= 0.3 is 16.8 Å². The molecular weight excluding hydrogens is 699 g/mol. The van der Waals surface area contributed by atoms with Gasteiger partial charge in [-0.3, -0.25) is 0 Å². The largest absolute Gasteiger partial charge is 2.00 e. The number of nitrogens with two attached hydrogens (primary N) is 4. The minimum absolute atomic E-state index is 0. The van der Waals surface area contributed by atoms with E-state index in [1.54, 1.807) is 0 Å². The van der Waals surface area contributed by atoms with Gasteiger partial charge in [0.15, 0.2) is 0 Å². The van der Waals surface area contributed by atoms with E-state index >= 15 is 0 Å². The molecule has 9 rings (SSSR count). The van der Waals surface area contributed by atoms with Crippen molar-refractivity contribution >= 4 is 69.1 Å². The summed E-state index contributed by atoms with van der Waals surface area (Å²) in [6.45, 7) is 0. The average molecular weight is 734 g/mol. The summed E-state index contributed by atoms with van der Waals surface area (Å²) in [6.07, 6.45) is 8.29. The molecule has 2 aliphatic rings. The molecule has 8 bridgehead atoms. The van der Waals surface area contributed by atoms with Crippen molar-refractivity contribution in [3.63, 3.8) is 0 Å². The zero-order valence-electron chi connectivity index (χ0n) is 28.4. The van der Waals surface area contributed by atoms with Gasteiger partial charge < -0.3 is 32.9 Å². The number of hydrogen-bond donors (Lipinski definition) is 6. The number of nitrogens with one attached hydrogen (secondary N) is 2. The van der Waals surface area contributed by atoms with Crippen LogP contribution < -0.4 is 22.9 Å². The van der Waals surface area contributed by atoms with Crippen molar-refractivity contribution in [3.05, 3.63) is 144 Å². The van der Waals surface area contributed by atoms with Gasteiger partial charge in [0.25, 0.3) is 0 Å². The minimum atomic E-state index is 0. The molecule has 0 amide bonds. The van der Waals surface area contributed by atoms with E-state index in [1.165, 1.54) is 0 Å². The molecule has 0 unspecified atom stereocenters. The Balaban J connectivity index is 0.00000400. The molecule has 257 valence electrons. The third-order valence-corrected chi connectivity index (χ3v) is 9.55. The zero-order chi connectivity index (χ0) is 35.3. The number of H-pyrrole nitrogens is 2. The Hall–Kier alpha value is -6.81. The SMILES string of the molecule is Nc1ccc(-c2c3nc(c(-c4ccc(N)cc4)c4ccc([nH]4)c(-c4ccc(N)cc4)c4nc(c(-c5ccc(N)cc5)c5ccc2[nH]5)C=C4)C=C3)cc1.[Co+2]. The van der Waals surface area contributed by atoms with Gasteiger partial charge in [0.1, 0.15) is 0 Å². The molecule has 10 N–H and O–H groups in total. The van der Waals surface area contributed by atoms with Gasteiger partial charge in [0.2, 0.25) is 0 Å². The zero-order valence-corrected chi connectivity index (χ0v) is 29.4. The second-order valence-corrected chi connectivity index (χ2v) is 13.0. The van der Waals surface area contributed by atoms with Crippen LogP contribution in [0.5, 0.6) is 0 Å². The van der Waals surface area contributed by atoms with E-state index < -0.39 is 0 Å².